The Hall–Kier alpha value is -1.66. The molecule has 0 N–H and O–H groups in total. The molecule has 1 aliphatic rings. The normalized spacial score (nSPS) is 15.9. The van der Waals surface area contributed by atoms with E-state index in [-0.39, 0.29) is 5.91 Å². The van der Waals surface area contributed by atoms with Crippen LogP contribution in [0.2, 0.25) is 0 Å². The number of ether oxygens (including phenoxy) is 2. The Balaban J connectivity index is 1.93. The van der Waals surface area contributed by atoms with Gasteiger partial charge in [-0.05, 0) is 24.8 Å². The molecule has 20 heavy (non-hydrogen) atoms. The maximum atomic E-state index is 11.9. The van der Waals surface area contributed by atoms with E-state index in [0.717, 1.165) is 31.1 Å². The molecule has 1 saturated heterocycles. The van der Waals surface area contributed by atoms with Gasteiger partial charge in [0.2, 0.25) is 5.88 Å². The van der Waals surface area contributed by atoms with Gasteiger partial charge in [-0.3, -0.25) is 9.63 Å². The summed E-state index contributed by atoms with van der Waals surface area (Å²) >= 11 is 0. The van der Waals surface area contributed by atoms with Crippen molar-refractivity contribution in [2.24, 2.45) is 5.92 Å². The predicted octanol–water partition coefficient (Wildman–Crippen LogP) is 1.52. The van der Waals surface area contributed by atoms with E-state index < -0.39 is 0 Å². The number of nitrogens with zero attached hydrogens (tertiary/aromatic N) is 2. The molecule has 1 aliphatic heterocycles. The third-order valence-electron chi connectivity index (χ3n) is 3.35. The number of aromatic nitrogens is 1. The van der Waals surface area contributed by atoms with Gasteiger partial charge in [-0.2, -0.15) is 0 Å². The van der Waals surface area contributed by atoms with Gasteiger partial charge >= 0.3 is 0 Å². The number of hydroxylamine groups is 2. The van der Waals surface area contributed by atoms with Crippen molar-refractivity contribution in [3.8, 4) is 5.88 Å². The van der Waals surface area contributed by atoms with E-state index in [9.17, 15) is 4.79 Å². The number of pyridine rings is 1. The molecule has 0 saturated carbocycles. The molecule has 0 unspecified atom stereocenters. The third-order valence-corrected chi connectivity index (χ3v) is 3.35. The zero-order valence-corrected chi connectivity index (χ0v) is 11.9. The Bertz CT molecular complexity index is 447. The predicted molar refractivity (Wildman–Crippen MR) is 72.4 cm³/mol. The molecule has 6 nitrogen and oxygen atoms in total. The highest BCUT2D eigenvalue weighted by molar-refractivity contribution is 5.93. The standard InChI is InChI=1S/C14H20N2O4/c1-16(18-2)14(17)12-3-6-15-13(9-12)20-10-11-4-7-19-8-5-11/h3,6,9,11H,4-5,7-8,10H2,1-2H3. The van der Waals surface area contributed by atoms with Crippen molar-refractivity contribution in [2.45, 2.75) is 12.8 Å². The van der Waals surface area contributed by atoms with Gasteiger partial charge in [0.15, 0.2) is 0 Å². The lowest BCUT2D eigenvalue weighted by atomic mass is 10.0. The summed E-state index contributed by atoms with van der Waals surface area (Å²) in [4.78, 5) is 20.9. The minimum absolute atomic E-state index is 0.231. The smallest absolute Gasteiger partial charge is 0.277 e. The average molecular weight is 280 g/mol. The van der Waals surface area contributed by atoms with Crippen molar-refractivity contribution in [3.05, 3.63) is 23.9 Å². The summed E-state index contributed by atoms with van der Waals surface area (Å²) in [5.41, 5.74) is 0.492. The van der Waals surface area contributed by atoms with Gasteiger partial charge in [-0.25, -0.2) is 10.0 Å². The summed E-state index contributed by atoms with van der Waals surface area (Å²) in [5.74, 6) is 0.726. The molecule has 1 amide bonds. The number of hydrogen-bond donors (Lipinski definition) is 0. The first-order valence-corrected chi connectivity index (χ1v) is 6.69. The lowest BCUT2D eigenvalue weighted by Gasteiger charge is -2.21. The summed E-state index contributed by atoms with van der Waals surface area (Å²) in [6, 6.07) is 3.27. The van der Waals surface area contributed by atoms with Crippen LogP contribution in [-0.2, 0) is 9.57 Å². The van der Waals surface area contributed by atoms with Crippen molar-refractivity contribution in [2.75, 3.05) is 34.0 Å². The molecular formula is C14H20N2O4. The van der Waals surface area contributed by atoms with Crippen LogP contribution >= 0.6 is 0 Å². The molecule has 2 heterocycles. The summed E-state index contributed by atoms with van der Waals surface area (Å²) in [6.07, 6.45) is 3.58. The Morgan fingerprint density at radius 1 is 1.50 bits per heavy atom. The van der Waals surface area contributed by atoms with Crippen LogP contribution in [-0.4, -0.2) is 49.9 Å². The molecule has 0 aromatic carbocycles. The van der Waals surface area contributed by atoms with E-state index in [1.807, 2.05) is 0 Å². The second-order valence-corrected chi connectivity index (χ2v) is 4.73. The molecule has 6 heteroatoms. The maximum absolute atomic E-state index is 11.9. The summed E-state index contributed by atoms with van der Waals surface area (Å²) < 4.78 is 11.0. The quantitative estimate of drug-likeness (QED) is 0.765. The molecule has 1 aromatic heterocycles. The van der Waals surface area contributed by atoms with E-state index in [0.29, 0.717) is 24.0 Å². The van der Waals surface area contributed by atoms with E-state index in [1.165, 1.54) is 7.11 Å². The first-order valence-electron chi connectivity index (χ1n) is 6.69. The highest BCUT2D eigenvalue weighted by atomic mass is 16.7. The Kier molecular flexibility index (Phi) is 5.31. The molecule has 0 aliphatic carbocycles. The minimum Gasteiger partial charge on any atom is -0.477 e. The zero-order valence-electron chi connectivity index (χ0n) is 11.9. The number of carbonyl (C=O) groups is 1. The number of amides is 1. The Morgan fingerprint density at radius 2 is 2.25 bits per heavy atom. The van der Waals surface area contributed by atoms with Crippen molar-refractivity contribution in [3.63, 3.8) is 0 Å². The second kappa shape index (κ2) is 7.21. The molecular weight excluding hydrogens is 260 g/mol. The summed E-state index contributed by atoms with van der Waals surface area (Å²) in [5, 5.41) is 1.16. The van der Waals surface area contributed by atoms with Gasteiger partial charge in [0.25, 0.3) is 5.91 Å². The molecule has 0 radical (unpaired) electrons. The van der Waals surface area contributed by atoms with Crippen molar-refractivity contribution in [1.82, 2.24) is 10.0 Å². The monoisotopic (exact) mass is 280 g/mol. The topological polar surface area (TPSA) is 60.9 Å². The molecule has 110 valence electrons. The Morgan fingerprint density at radius 3 is 2.95 bits per heavy atom. The van der Waals surface area contributed by atoms with Gasteiger partial charge < -0.3 is 9.47 Å². The molecule has 0 atom stereocenters. The largest absolute Gasteiger partial charge is 0.477 e. The van der Waals surface area contributed by atoms with Crippen LogP contribution in [0.5, 0.6) is 5.88 Å². The van der Waals surface area contributed by atoms with Crippen molar-refractivity contribution in [1.29, 1.82) is 0 Å². The van der Waals surface area contributed by atoms with Crippen LogP contribution in [0.15, 0.2) is 18.3 Å². The molecule has 0 spiro atoms. The van der Waals surface area contributed by atoms with Gasteiger partial charge in [-0.1, -0.05) is 0 Å². The molecule has 0 bridgehead atoms. The van der Waals surface area contributed by atoms with Crippen LogP contribution < -0.4 is 4.74 Å². The fraction of sp³-hybridized carbons (Fsp3) is 0.571. The van der Waals surface area contributed by atoms with Crippen LogP contribution in [0.1, 0.15) is 23.2 Å². The maximum Gasteiger partial charge on any atom is 0.277 e. The van der Waals surface area contributed by atoms with Crippen LogP contribution in [0.25, 0.3) is 0 Å². The number of carbonyl (C=O) groups excluding carboxylic acids is 1. The summed E-state index contributed by atoms with van der Waals surface area (Å²) in [6.45, 7) is 2.19. The average Bonchev–Trinajstić information content (AvgIpc) is 2.52. The van der Waals surface area contributed by atoms with Crippen LogP contribution in [0, 0.1) is 5.92 Å². The van der Waals surface area contributed by atoms with Gasteiger partial charge in [0, 0.05) is 38.1 Å². The zero-order chi connectivity index (χ0) is 14.4. The van der Waals surface area contributed by atoms with E-state index in [4.69, 9.17) is 14.3 Å². The van der Waals surface area contributed by atoms with E-state index in [1.54, 1.807) is 25.4 Å². The Labute approximate surface area is 118 Å². The van der Waals surface area contributed by atoms with Crippen LogP contribution in [0.4, 0.5) is 0 Å². The van der Waals surface area contributed by atoms with E-state index >= 15 is 0 Å². The van der Waals surface area contributed by atoms with Gasteiger partial charge in [0.1, 0.15) is 0 Å². The van der Waals surface area contributed by atoms with Crippen molar-refractivity contribution < 1.29 is 19.1 Å². The SMILES string of the molecule is CON(C)C(=O)c1ccnc(OCC2CCOCC2)c1. The van der Waals surface area contributed by atoms with Gasteiger partial charge in [0.05, 0.1) is 13.7 Å². The highest BCUT2D eigenvalue weighted by Crippen LogP contribution is 2.17. The minimum atomic E-state index is -0.231. The first-order chi connectivity index (χ1) is 9.70. The van der Waals surface area contributed by atoms with Gasteiger partial charge in [-0.15, -0.1) is 0 Å². The number of hydrogen-bond acceptors (Lipinski definition) is 5. The molecule has 2 rings (SSSR count). The fourth-order valence-corrected chi connectivity index (χ4v) is 2.00. The molecule has 1 fully saturated rings. The third kappa shape index (κ3) is 3.91. The highest BCUT2D eigenvalue weighted by Gasteiger charge is 2.16. The lowest BCUT2D eigenvalue weighted by Crippen LogP contribution is -2.25. The molecule has 1 aromatic rings. The number of rotatable bonds is 5. The van der Waals surface area contributed by atoms with E-state index in [2.05, 4.69) is 4.98 Å². The van der Waals surface area contributed by atoms with Crippen LogP contribution in [0.3, 0.4) is 0 Å². The summed E-state index contributed by atoms with van der Waals surface area (Å²) in [7, 11) is 3.01. The van der Waals surface area contributed by atoms with Crippen molar-refractivity contribution >= 4 is 5.91 Å². The fourth-order valence-electron chi connectivity index (χ4n) is 2.00. The second-order valence-electron chi connectivity index (χ2n) is 4.73. The lowest BCUT2D eigenvalue weighted by molar-refractivity contribution is -0.0757. The first kappa shape index (κ1) is 14.7.